The molecule has 0 aliphatic carbocycles. The number of nitrogens with one attached hydrogen (secondary N) is 2. The minimum atomic E-state index is -0.155. The van der Waals surface area contributed by atoms with Crippen LogP contribution in [-0.4, -0.2) is 51.3 Å². The Morgan fingerprint density at radius 3 is 2.29 bits per heavy atom. The van der Waals surface area contributed by atoms with E-state index in [0.717, 1.165) is 49.7 Å². The lowest BCUT2D eigenvalue weighted by atomic mass is 10.1. The number of rotatable bonds is 7. The molecule has 0 saturated carbocycles. The molecule has 2 aromatic carbocycles. The van der Waals surface area contributed by atoms with E-state index in [4.69, 9.17) is 4.74 Å². The van der Waals surface area contributed by atoms with Gasteiger partial charge in [-0.1, -0.05) is 36.4 Å². The molecule has 0 unspecified atom stereocenters. The Morgan fingerprint density at radius 2 is 1.61 bits per heavy atom. The number of carbonyl (C=O) groups excluding carboxylic acids is 1. The maximum atomic E-state index is 12.2. The van der Waals surface area contributed by atoms with E-state index >= 15 is 0 Å². The van der Waals surface area contributed by atoms with Gasteiger partial charge in [-0.15, -0.1) is 0 Å². The highest BCUT2D eigenvalue weighted by molar-refractivity contribution is 5.73. The fraction of sp³-hybridized carbons (Fsp3) is 0.409. The van der Waals surface area contributed by atoms with Crippen LogP contribution in [0.5, 0.6) is 0 Å². The summed E-state index contributed by atoms with van der Waals surface area (Å²) in [4.78, 5) is 16.7. The third-order valence-corrected chi connectivity index (χ3v) is 4.96. The molecule has 0 aromatic heterocycles. The molecule has 0 radical (unpaired) electrons. The van der Waals surface area contributed by atoms with Crippen LogP contribution < -0.4 is 15.5 Å². The molecule has 1 saturated heterocycles. The predicted octanol–water partition coefficient (Wildman–Crippen LogP) is 2.58. The largest absolute Gasteiger partial charge is 0.379 e. The summed E-state index contributed by atoms with van der Waals surface area (Å²) in [7, 11) is 4.02. The summed E-state index contributed by atoms with van der Waals surface area (Å²) in [6.07, 6.45) is 0. The molecule has 1 fully saturated rings. The third kappa shape index (κ3) is 5.97. The van der Waals surface area contributed by atoms with Gasteiger partial charge < -0.3 is 20.3 Å². The molecule has 0 bridgehead atoms. The molecule has 1 heterocycles. The van der Waals surface area contributed by atoms with Crippen molar-refractivity contribution in [3.8, 4) is 0 Å². The van der Waals surface area contributed by atoms with Crippen LogP contribution >= 0.6 is 0 Å². The topological polar surface area (TPSA) is 56.8 Å². The predicted molar refractivity (Wildman–Crippen MR) is 112 cm³/mol. The standard InChI is InChI=1S/C22H30N4O2/c1-25(2)21-9-7-18(8-10-21)15-23-22(27)24-16-19-5-3-4-6-20(19)17-26-11-13-28-14-12-26/h3-10H,11-17H2,1-2H3,(H2,23,24,27). The molecule has 2 N–H and O–H groups in total. The Morgan fingerprint density at radius 1 is 0.964 bits per heavy atom. The average Bonchev–Trinajstić information content (AvgIpc) is 2.72. The van der Waals surface area contributed by atoms with Gasteiger partial charge in [-0.2, -0.15) is 0 Å². The minimum absolute atomic E-state index is 0.155. The van der Waals surface area contributed by atoms with Crippen molar-refractivity contribution in [2.24, 2.45) is 0 Å². The van der Waals surface area contributed by atoms with Crippen molar-refractivity contribution in [1.29, 1.82) is 0 Å². The molecular formula is C22H30N4O2. The van der Waals surface area contributed by atoms with Crippen molar-refractivity contribution >= 4 is 11.7 Å². The van der Waals surface area contributed by atoms with E-state index in [1.54, 1.807) is 0 Å². The van der Waals surface area contributed by atoms with Gasteiger partial charge in [0.2, 0.25) is 0 Å². The quantitative estimate of drug-likeness (QED) is 0.773. The van der Waals surface area contributed by atoms with Crippen LogP contribution in [0.1, 0.15) is 16.7 Å². The highest BCUT2D eigenvalue weighted by Gasteiger charge is 2.13. The number of urea groups is 1. The number of carbonyl (C=O) groups is 1. The van der Waals surface area contributed by atoms with Crippen LogP contribution in [0.2, 0.25) is 0 Å². The fourth-order valence-electron chi connectivity index (χ4n) is 3.22. The SMILES string of the molecule is CN(C)c1ccc(CNC(=O)NCc2ccccc2CN2CCOCC2)cc1. The lowest BCUT2D eigenvalue weighted by molar-refractivity contribution is 0.0341. The van der Waals surface area contributed by atoms with Crippen LogP contribution in [0.4, 0.5) is 10.5 Å². The Labute approximate surface area is 167 Å². The first-order valence-electron chi connectivity index (χ1n) is 9.76. The normalized spacial score (nSPS) is 14.5. The molecule has 1 aliphatic heterocycles. The van der Waals surface area contributed by atoms with E-state index in [2.05, 4.69) is 50.8 Å². The molecule has 2 aromatic rings. The van der Waals surface area contributed by atoms with Gasteiger partial charge in [-0.3, -0.25) is 4.90 Å². The van der Waals surface area contributed by atoms with E-state index in [0.29, 0.717) is 13.1 Å². The molecule has 3 rings (SSSR count). The molecule has 6 heteroatoms. The Kier molecular flexibility index (Phi) is 7.28. The van der Waals surface area contributed by atoms with Crippen molar-refractivity contribution in [3.63, 3.8) is 0 Å². The summed E-state index contributed by atoms with van der Waals surface area (Å²) in [5.41, 5.74) is 4.63. The Hall–Kier alpha value is -2.57. The zero-order valence-corrected chi connectivity index (χ0v) is 16.8. The van der Waals surface area contributed by atoms with E-state index in [1.165, 1.54) is 5.56 Å². The first kappa shape index (κ1) is 20.2. The van der Waals surface area contributed by atoms with Crippen LogP contribution in [-0.2, 0) is 24.4 Å². The second-order valence-corrected chi connectivity index (χ2v) is 7.25. The first-order chi connectivity index (χ1) is 13.6. The van der Waals surface area contributed by atoms with Gasteiger partial charge in [0.05, 0.1) is 13.2 Å². The molecule has 150 valence electrons. The van der Waals surface area contributed by atoms with Gasteiger partial charge in [-0.25, -0.2) is 4.79 Å². The van der Waals surface area contributed by atoms with Gasteiger partial charge in [0.25, 0.3) is 0 Å². The summed E-state index contributed by atoms with van der Waals surface area (Å²) in [6, 6.07) is 16.3. The van der Waals surface area contributed by atoms with Gasteiger partial charge in [-0.05, 0) is 28.8 Å². The lowest BCUT2D eigenvalue weighted by Gasteiger charge is -2.27. The summed E-state index contributed by atoms with van der Waals surface area (Å²) in [5, 5.41) is 5.90. The van der Waals surface area contributed by atoms with Gasteiger partial charge >= 0.3 is 6.03 Å². The van der Waals surface area contributed by atoms with Gasteiger partial charge in [0, 0.05) is 52.5 Å². The fourth-order valence-corrected chi connectivity index (χ4v) is 3.22. The highest BCUT2D eigenvalue weighted by atomic mass is 16.5. The maximum absolute atomic E-state index is 12.2. The smallest absolute Gasteiger partial charge is 0.315 e. The molecular weight excluding hydrogens is 352 g/mol. The number of hydrogen-bond acceptors (Lipinski definition) is 4. The number of amides is 2. The number of ether oxygens (including phenoxy) is 1. The second kappa shape index (κ2) is 10.1. The summed E-state index contributed by atoms with van der Waals surface area (Å²) < 4.78 is 5.42. The van der Waals surface area contributed by atoms with E-state index in [9.17, 15) is 4.79 Å². The first-order valence-corrected chi connectivity index (χ1v) is 9.76. The monoisotopic (exact) mass is 382 g/mol. The van der Waals surface area contributed by atoms with Crippen LogP contribution in [0.15, 0.2) is 48.5 Å². The van der Waals surface area contributed by atoms with Crippen LogP contribution in [0, 0.1) is 0 Å². The van der Waals surface area contributed by atoms with Crippen LogP contribution in [0.3, 0.4) is 0 Å². The van der Waals surface area contributed by atoms with Crippen molar-refractivity contribution in [2.45, 2.75) is 19.6 Å². The molecule has 0 spiro atoms. The zero-order chi connectivity index (χ0) is 19.8. The summed E-state index contributed by atoms with van der Waals surface area (Å²) >= 11 is 0. The molecule has 1 aliphatic rings. The number of hydrogen-bond donors (Lipinski definition) is 2. The van der Waals surface area contributed by atoms with E-state index < -0.39 is 0 Å². The molecule has 0 atom stereocenters. The second-order valence-electron chi connectivity index (χ2n) is 7.25. The maximum Gasteiger partial charge on any atom is 0.315 e. The number of nitrogens with zero attached hydrogens (tertiary/aromatic N) is 2. The van der Waals surface area contributed by atoms with Gasteiger partial charge in [0.15, 0.2) is 0 Å². The zero-order valence-electron chi connectivity index (χ0n) is 16.8. The summed E-state index contributed by atoms with van der Waals surface area (Å²) in [6.45, 7) is 5.41. The minimum Gasteiger partial charge on any atom is -0.379 e. The average molecular weight is 383 g/mol. The number of anilines is 1. The van der Waals surface area contributed by atoms with E-state index in [1.807, 2.05) is 32.3 Å². The van der Waals surface area contributed by atoms with Crippen molar-refractivity contribution in [2.75, 3.05) is 45.3 Å². The Bertz CT molecular complexity index is 755. The number of morpholine rings is 1. The van der Waals surface area contributed by atoms with Crippen molar-refractivity contribution in [1.82, 2.24) is 15.5 Å². The Balaban J connectivity index is 1.47. The molecule has 6 nitrogen and oxygen atoms in total. The molecule has 28 heavy (non-hydrogen) atoms. The van der Waals surface area contributed by atoms with Crippen molar-refractivity contribution in [3.05, 3.63) is 65.2 Å². The number of benzene rings is 2. The van der Waals surface area contributed by atoms with E-state index in [-0.39, 0.29) is 6.03 Å². The summed E-state index contributed by atoms with van der Waals surface area (Å²) in [5.74, 6) is 0. The lowest BCUT2D eigenvalue weighted by Crippen LogP contribution is -2.37. The highest BCUT2D eigenvalue weighted by Crippen LogP contribution is 2.13. The van der Waals surface area contributed by atoms with Gasteiger partial charge in [0.1, 0.15) is 0 Å². The van der Waals surface area contributed by atoms with Crippen molar-refractivity contribution < 1.29 is 9.53 Å². The third-order valence-electron chi connectivity index (χ3n) is 4.96. The molecule has 2 amide bonds. The van der Waals surface area contributed by atoms with Crippen LogP contribution in [0.25, 0.3) is 0 Å².